The molecule has 0 aliphatic heterocycles. The van der Waals surface area contributed by atoms with Crippen LogP contribution < -0.4 is 0 Å². The molecule has 0 bridgehead atoms. The summed E-state index contributed by atoms with van der Waals surface area (Å²) in [4.78, 5) is 0. The number of hydrogen-bond donors (Lipinski definition) is 0. The van der Waals surface area contributed by atoms with Crippen molar-refractivity contribution in [2.45, 2.75) is 33.1 Å². The van der Waals surface area contributed by atoms with Gasteiger partial charge in [0.15, 0.2) is 0 Å². The fraction of sp³-hybridized carbons (Fsp3) is 0.500. The average molecular weight is 198 g/mol. The van der Waals surface area contributed by atoms with Gasteiger partial charge in [0.2, 0.25) is 0 Å². The number of benzene rings is 1. The third-order valence-electron chi connectivity index (χ3n) is 2.41. The zero-order valence-corrected chi connectivity index (χ0v) is 8.85. The number of aryl methyl sites for hydroxylation is 1. The van der Waals surface area contributed by atoms with E-state index in [4.69, 9.17) is 0 Å². The van der Waals surface area contributed by atoms with Crippen LogP contribution in [0.4, 0.5) is 8.78 Å². The van der Waals surface area contributed by atoms with Gasteiger partial charge in [0.1, 0.15) is 0 Å². The summed E-state index contributed by atoms with van der Waals surface area (Å²) in [6.45, 7) is 5.05. The highest BCUT2D eigenvalue weighted by Crippen LogP contribution is 2.28. The van der Waals surface area contributed by atoms with Crippen molar-refractivity contribution in [2.75, 3.05) is 0 Å². The van der Waals surface area contributed by atoms with Crippen LogP contribution in [0.5, 0.6) is 0 Å². The predicted molar refractivity (Wildman–Crippen MR) is 54.7 cm³/mol. The van der Waals surface area contributed by atoms with Crippen molar-refractivity contribution in [3.8, 4) is 0 Å². The van der Waals surface area contributed by atoms with Crippen molar-refractivity contribution < 1.29 is 8.78 Å². The smallest absolute Gasteiger partial charge is 0.206 e. The van der Waals surface area contributed by atoms with Gasteiger partial charge in [-0.2, -0.15) is 0 Å². The van der Waals surface area contributed by atoms with Gasteiger partial charge in [0, 0.05) is 12.3 Å². The fourth-order valence-corrected chi connectivity index (χ4v) is 1.18. The second kappa shape index (κ2) is 4.07. The zero-order chi connectivity index (χ0) is 10.8. The van der Waals surface area contributed by atoms with Crippen LogP contribution in [0.1, 0.15) is 25.0 Å². The van der Waals surface area contributed by atoms with Crippen LogP contribution in [-0.4, -0.2) is 5.92 Å². The van der Waals surface area contributed by atoms with Crippen molar-refractivity contribution in [1.82, 2.24) is 0 Å². The van der Waals surface area contributed by atoms with Crippen molar-refractivity contribution >= 4 is 0 Å². The lowest BCUT2D eigenvalue weighted by molar-refractivity contribution is -0.0439. The molecule has 1 aromatic rings. The maximum Gasteiger partial charge on any atom is 0.254 e. The van der Waals surface area contributed by atoms with E-state index < -0.39 is 11.8 Å². The quantitative estimate of drug-likeness (QED) is 0.692. The first-order valence-electron chi connectivity index (χ1n) is 4.85. The molecular formula is C12H16F2. The van der Waals surface area contributed by atoms with E-state index in [-0.39, 0.29) is 6.42 Å². The Morgan fingerprint density at radius 2 is 1.64 bits per heavy atom. The Balaban J connectivity index is 2.74. The highest BCUT2D eigenvalue weighted by atomic mass is 19.3. The van der Waals surface area contributed by atoms with Crippen molar-refractivity contribution in [2.24, 2.45) is 5.92 Å². The number of rotatable bonds is 3. The Morgan fingerprint density at radius 1 is 1.14 bits per heavy atom. The second-order valence-electron chi connectivity index (χ2n) is 4.08. The summed E-state index contributed by atoms with van der Waals surface area (Å²) in [7, 11) is 0. The fourth-order valence-electron chi connectivity index (χ4n) is 1.18. The molecule has 0 saturated carbocycles. The second-order valence-corrected chi connectivity index (χ2v) is 4.08. The molecule has 0 aromatic heterocycles. The zero-order valence-electron chi connectivity index (χ0n) is 8.85. The van der Waals surface area contributed by atoms with Gasteiger partial charge in [-0.15, -0.1) is 0 Å². The predicted octanol–water partition coefficient (Wildman–Crippen LogP) is 3.83. The molecule has 0 spiro atoms. The maximum atomic E-state index is 13.3. The van der Waals surface area contributed by atoms with Gasteiger partial charge in [-0.25, -0.2) is 8.78 Å². The molecule has 0 amide bonds. The minimum Gasteiger partial charge on any atom is -0.206 e. The normalized spacial score (nSPS) is 12.1. The molecule has 0 heterocycles. The van der Waals surface area contributed by atoms with Crippen LogP contribution in [0.3, 0.4) is 0 Å². The van der Waals surface area contributed by atoms with Crippen LogP contribution >= 0.6 is 0 Å². The molecule has 0 unspecified atom stereocenters. The van der Waals surface area contributed by atoms with E-state index in [1.54, 1.807) is 26.0 Å². The van der Waals surface area contributed by atoms with E-state index in [9.17, 15) is 8.78 Å². The Labute approximate surface area is 84.0 Å². The molecule has 0 aliphatic carbocycles. The lowest BCUT2D eigenvalue weighted by Gasteiger charge is -2.20. The van der Waals surface area contributed by atoms with E-state index in [2.05, 4.69) is 0 Å². The standard InChI is InChI=1S/C12H16F2/c1-9(2)12(13,14)8-11-6-4-10(3)5-7-11/h4-7,9H,8H2,1-3H3. The van der Waals surface area contributed by atoms with Crippen LogP contribution in [0.15, 0.2) is 24.3 Å². The SMILES string of the molecule is Cc1ccc(CC(F)(F)C(C)C)cc1. The Kier molecular flexibility index (Phi) is 3.25. The molecule has 0 nitrogen and oxygen atoms in total. The molecule has 2 heteroatoms. The Hall–Kier alpha value is -0.920. The van der Waals surface area contributed by atoms with Gasteiger partial charge in [0.05, 0.1) is 0 Å². The third kappa shape index (κ3) is 2.79. The summed E-state index contributed by atoms with van der Waals surface area (Å²) in [6, 6.07) is 7.27. The van der Waals surface area contributed by atoms with Crippen LogP contribution in [0.2, 0.25) is 0 Å². The molecule has 78 valence electrons. The first kappa shape index (κ1) is 11.2. The molecule has 0 aliphatic rings. The summed E-state index contributed by atoms with van der Waals surface area (Å²) in [5.74, 6) is -3.21. The number of alkyl halides is 2. The summed E-state index contributed by atoms with van der Waals surface area (Å²) in [6.07, 6.45) is -0.162. The molecule has 0 radical (unpaired) electrons. The first-order chi connectivity index (χ1) is 6.42. The van der Waals surface area contributed by atoms with Crippen molar-refractivity contribution in [3.05, 3.63) is 35.4 Å². The van der Waals surface area contributed by atoms with Gasteiger partial charge in [-0.3, -0.25) is 0 Å². The van der Waals surface area contributed by atoms with E-state index in [1.807, 2.05) is 19.1 Å². The minimum atomic E-state index is -2.60. The van der Waals surface area contributed by atoms with Crippen LogP contribution in [-0.2, 0) is 6.42 Å². The average Bonchev–Trinajstić information content (AvgIpc) is 2.08. The molecule has 0 atom stereocenters. The number of hydrogen-bond acceptors (Lipinski definition) is 0. The van der Waals surface area contributed by atoms with E-state index in [0.717, 1.165) is 5.56 Å². The highest BCUT2D eigenvalue weighted by Gasteiger charge is 2.33. The molecule has 0 fully saturated rings. The van der Waals surface area contributed by atoms with E-state index in [0.29, 0.717) is 5.56 Å². The minimum absolute atomic E-state index is 0.162. The highest BCUT2D eigenvalue weighted by molar-refractivity contribution is 5.22. The summed E-state index contributed by atoms with van der Waals surface area (Å²) in [5.41, 5.74) is 1.80. The van der Waals surface area contributed by atoms with Crippen LogP contribution in [0, 0.1) is 12.8 Å². The monoisotopic (exact) mass is 198 g/mol. The lowest BCUT2D eigenvalue weighted by Crippen LogP contribution is -2.26. The molecule has 1 aromatic carbocycles. The molecule has 1 rings (SSSR count). The van der Waals surface area contributed by atoms with Crippen molar-refractivity contribution in [3.63, 3.8) is 0 Å². The first-order valence-corrected chi connectivity index (χ1v) is 4.85. The summed E-state index contributed by atoms with van der Waals surface area (Å²) >= 11 is 0. The molecule has 14 heavy (non-hydrogen) atoms. The van der Waals surface area contributed by atoms with Gasteiger partial charge < -0.3 is 0 Å². The maximum absolute atomic E-state index is 13.3. The van der Waals surface area contributed by atoms with E-state index >= 15 is 0 Å². The lowest BCUT2D eigenvalue weighted by atomic mass is 9.98. The van der Waals surface area contributed by atoms with Crippen molar-refractivity contribution in [1.29, 1.82) is 0 Å². The van der Waals surface area contributed by atoms with Gasteiger partial charge in [-0.1, -0.05) is 43.7 Å². The molecule has 0 N–H and O–H groups in total. The summed E-state index contributed by atoms with van der Waals surface area (Å²) in [5, 5.41) is 0. The van der Waals surface area contributed by atoms with E-state index in [1.165, 1.54) is 0 Å². The molecular weight excluding hydrogens is 182 g/mol. The molecule has 0 saturated heterocycles. The van der Waals surface area contributed by atoms with Gasteiger partial charge in [0.25, 0.3) is 5.92 Å². The van der Waals surface area contributed by atoms with Gasteiger partial charge in [-0.05, 0) is 12.5 Å². The van der Waals surface area contributed by atoms with Crippen LogP contribution in [0.25, 0.3) is 0 Å². The summed E-state index contributed by atoms with van der Waals surface area (Å²) < 4.78 is 26.7. The van der Waals surface area contributed by atoms with Gasteiger partial charge >= 0.3 is 0 Å². The largest absolute Gasteiger partial charge is 0.254 e. The third-order valence-corrected chi connectivity index (χ3v) is 2.41. The Morgan fingerprint density at radius 3 is 2.07 bits per heavy atom. The Bertz CT molecular complexity index is 286. The number of halogens is 2. The topological polar surface area (TPSA) is 0 Å².